The zero-order chi connectivity index (χ0) is 18.8. The summed E-state index contributed by atoms with van der Waals surface area (Å²) in [6, 6.07) is 7.42. The molecule has 0 saturated heterocycles. The van der Waals surface area contributed by atoms with Crippen LogP contribution in [-0.2, 0) is 0 Å². The second kappa shape index (κ2) is 6.75. The Balaban J connectivity index is 2.12. The van der Waals surface area contributed by atoms with E-state index in [1.54, 1.807) is 25.1 Å². The second-order valence-corrected chi connectivity index (χ2v) is 5.49. The molecule has 1 heterocycles. The molecule has 0 aliphatic heterocycles. The van der Waals surface area contributed by atoms with Gasteiger partial charge >= 0.3 is 0 Å². The molecule has 8 nitrogen and oxygen atoms in total. The third-order valence-corrected chi connectivity index (χ3v) is 3.84. The topological polar surface area (TPSA) is 106 Å². The lowest BCUT2D eigenvalue weighted by Gasteiger charge is -2.10. The molecule has 3 rings (SSSR count). The molecule has 0 aliphatic rings. The minimum Gasteiger partial charge on any atom is -0.504 e. The average Bonchev–Trinajstić information content (AvgIpc) is 2.63. The number of aromatic nitrogens is 2. The number of phenolic OH excluding ortho intramolecular Hbond substituents is 2. The van der Waals surface area contributed by atoms with Gasteiger partial charge in [0.15, 0.2) is 23.0 Å². The summed E-state index contributed by atoms with van der Waals surface area (Å²) in [6.45, 7) is 1.66. The Morgan fingerprint density at radius 2 is 1.77 bits per heavy atom. The summed E-state index contributed by atoms with van der Waals surface area (Å²) < 4.78 is 11.6. The van der Waals surface area contributed by atoms with Gasteiger partial charge in [0, 0.05) is 6.07 Å². The molecule has 0 amide bonds. The lowest BCUT2D eigenvalue weighted by atomic mass is 10.2. The molecule has 2 N–H and O–H groups in total. The first-order chi connectivity index (χ1) is 12.4. The Bertz CT molecular complexity index is 1070. The fraction of sp³-hybridized carbons (Fsp3) is 0.167. The van der Waals surface area contributed by atoms with Crippen molar-refractivity contribution in [1.82, 2.24) is 9.66 Å². The summed E-state index contributed by atoms with van der Waals surface area (Å²) in [4.78, 5) is 17.2. The molecule has 0 unspecified atom stereocenters. The average molecular weight is 355 g/mol. The lowest BCUT2D eigenvalue weighted by Crippen LogP contribution is -2.20. The third kappa shape index (κ3) is 3.04. The SMILES string of the molecule is COc1cc2nc(C)n(/N=C/c3ccc(O)c(O)c3)c(=O)c2cc1OC. The first-order valence-electron chi connectivity index (χ1n) is 7.66. The van der Waals surface area contributed by atoms with Crippen LogP contribution >= 0.6 is 0 Å². The minimum atomic E-state index is -0.368. The van der Waals surface area contributed by atoms with Crippen molar-refractivity contribution in [3.05, 3.63) is 52.1 Å². The zero-order valence-corrected chi connectivity index (χ0v) is 14.4. The van der Waals surface area contributed by atoms with Crippen molar-refractivity contribution in [1.29, 1.82) is 0 Å². The molecule has 0 bridgehead atoms. The van der Waals surface area contributed by atoms with Crippen LogP contribution in [0.1, 0.15) is 11.4 Å². The van der Waals surface area contributed by atoms with E-state index < -0.39 is 0 Å². The predicted molar refractivity (Wildman–Crippen MR) is 96.6 cm³/mol. The molecule has 8 heteroatoms. The van der Waals surface area contributed by atoms with Crippen LogP contribution in [0.2, 0.25) is 0 Å². The number of methoxy groups -OCH3 is 2. The van der Waals surface area contributed by atoms with Crippen molar-refractivity contribution in [2.45, 2.75) is 6.92 Å². The van der Waals surface area contributed by atoms with Crippen LogP contribution in [0.4, 0.5) is 0 Å². The molecular formula is C18H17N3O5. The number of hydrogen-bond donors (Lipinski definition) is 2. The highest BCUT2D eigenvalue weighted by molar-refractivity contribution is 5.83. The first kappa shape index (κ1) is 17.3. The van der Waals surface area contributed by atoms with Crippen molar-refractivity contribution < 1.29 is 19.7 Å². The number of rotatable bonds is 4. The molecule has 3 aromatic rings. The van der Waals surface area contributed by atoms with Crippen LogP contribution in [0, 0.1) is 6.92 Å². The van der Waals surface area contributed by atoms with E-state index in [2.05, 4.69) is 10.1 Å². The summed E-state index contributed by atoms with van der Waals surface area (Å²) in [5.74, 6) is 0.776. The van der Waals surface area contributed by atoms with Gasteiger partial charge in [-0.2, -0.15) is 9.78 Å². The second-order valence-electron chi connectivity index (χ2n) is 5.49. The van der Waals surface area contributed by atoms with Crippen molar-refractivity contribution in [3.8, 4) is 23.0 Å². The highest BCUT2D eigenvalue weighted by Crippen LogP contribution is 2.30. The standard InChI is InChI=1S/C18H17N3O5/c1-10-20-13-8-17(26-3)16(25-2)7-12(13)18(24)21(10)19-9-11-4-5-14(22)15(23)6-11/h4-9,22-23H,1-3H3/b19-9+. The highest BCUT2D eigenvalue weighted by Gasteiger charge is 2.13. The monoisotopic (exact) mass is 355 g/mol. The summed E-state index contributed by atoms with van der Waals surface area (Å²) in [5.41, 5.74) is 0.616. The van der Waals surface area contributed by atoms with Gasteiger partial charge < -0.3 is 19.7 Å². The number of nitrogens with zero attached hydrogens (tertiary/aromatic N) is 3. The summed E-state index contributed by atoms with van der Waals surface area (Å²) in [7, 11) is 2.99. The van der Waals surface area contributed by atoms with Gasteiger partial charge in [-0.1, -0.05) is 0 Å². The van der Waals surface area contributed by atoms with Gasteiger partial charge in [0.05, 0.1) is 31.3 Å². The molecule has 0 fully saturated rings. The maximum Gasteiger partial charge on any atom is 0.282 e. The Kier molecular flexibility index (Phi) is 4.49. The van der Waals surface area contributed by atoms with Gasteiger partial charge in [-0.3, -0.25) is 4.79 Å². The van der Waals surface area contributed by atoms with E-state index >= 15 is 0 Å². The zero-order valence-electron chi connectivity index (χ0n) is 14.4. The van der Waals surface area contributed by atoms with Gasteiger partial charge in [0.25, 0.3) is 5.56 Å². The van der Waals surface area contributed by atoms with Crippen molar-refractivity contribution >= 4 is 17.1 Å². The van der Waals surface area contributed by atoms with E-state index in [9.17, 15) is 15.0 Å². The van der Waals surface area contributed by atoms with Crippen molar-refractivity contribution in [3.63, 3.8) is 0 Å². The van der Waals surface area contributed by atoms with Gasteiger partial charge in [0.1, 0.15) is 5.82 Å². The molecular weight excluding hydrogens is 338 g/mol. The van der Waals surface area contributed by atoms with Crippen LogP contribution in [0.15, 0.2) is 40.2 Å². The molecule has 0 radical (unpaired) electrons. The molecule has 0 spiro atoms. The summed E-state index contributed by atoms with van der Waals surface area (Å²) in [5, 5.41) is 23.4. The highest BCUT2D eigenvalue weighted by atomic mass is 16.5. The van der Waals surface area contributed by atoms with Gasteiger partial charge in [-0.25, -0.2) is 4.98 Å². The Morgan fingerprint density at radius 1 is 1.08 bits per heavy atom. The smallest absolute Gasteiger partial charge is 0.282 e. The van der Waals surface area contributed by atoms with E-state index in [1.807, 2.05) is 0 Å². The minimum absolute atomic E-state index is 0.232. The number of benzene rings is 2. The van der Waals surface area contributed by atoms with Crippen LogP contribution in [0.25, 0.3) is 10.9 Å². The third-order valence-electron chi connectivity index (χ3n) is 3.84. The summed E-state index contributed by atoms with van der Waals surface area (Å²) >= 11 is 0. The molecule has 0 aliphatic carbocycles. The normalized spacial score (nSPS) is 11.2. The molecule has 26 heavy (non-hydrogen) atoms. The van der Waals surface area contributed by atoms with Crippen molar-refractivity contribution in [2.24, 2.45) is 5.10 Å². The number of ether oxygens (including phenoxy) is 2. The van der Waals surface area contributed by atoms with E-state index in [0.717, 1.165) is 4.68 Å². The maximum atomic E-state index is 12.8. The fourth-order valence-electron chi connectivity index (χ4n) is 2.50. The van der Waals surface area contributed by atoms with E-state index in [4.69, 9.17) is 9.47 Å². The van der Waals surface area contributed by atoms with E-state index in [-0.39, 0.29) is 17.1 Å². The molecule has 2 aromatic carbocycles. The molecule has 1 aromatic heterocycles. The van der Waals surface area contributed by atoms with Gasteiger partial charge in [0.2, 0.25) is 0 Å². The Labute approximate surface area is 148 Å². The van der Waals surface area contributed by atoms with E-state index in [0.29, 0.717) is 33.8 Å². The van der Waals surface area contributed by atoms with Gasteiger partial charge in [-0.15, -0.1) is 0 Å². The Hall–Kier alpha value is -3.55. The fourth-order valence-corrected chi connectivity index (χ4v) is 2.50. The van der Waals surface area contributed by atoms with Crippen LogP contribution in [0.3, 0.4) is 0 Å². The quantitative estimate of drug-likeness (QED) is 0.548. The lowest BCUT2D eigenvalue weighted by molar-refractivity contribution is 0.355. The van der Waals surface area contributed by atoms with Crippen LogP contribution in [0.5, 0.6) is 23.0 Å². The Morgan fingerprint density at radius 3 is 2.42 bits per heavy atom. The molecule has 134 valence electrons. The number of aromatic hydroxyl groups is 2. The number of fused-ring (bicyclic) bond motifs is 1. The summed E-state index contributed by atoms with van der Waals surface area (Å²) in [6.07, 6.45) is 1.39. The molecule has 0 atom stereocenters. The van der Waals surface area contributed by atoms with Gasteiger partial charge in [-0.05, 0) is 36.8 Å². The number of phenols is 2. The van der Waals surface area contributed by atoms with Crippen LogP contribution in [-0.4, -0.2) is 40.3 Å². The molecule has 0 saturated carbocycles. The van der Waals surface area contributed by atoms with Crippen molar-refractivity contribution in [2.75, 3.05) is 14.2 Å². The number of hydrogen-bond acceptors (Lipinski definition) is 7. The maximum absolute atomic E-state index is 12.8. The predicted octanol–water partition coefficient (Wildman–Crippen LogP) is 2.02. The first-order valence-corrected chi connectivity index (χ1v) is 7.66. The largest absolute Gasteiger partial charge is 0.504 e. The van der Waals surface area contributed by atoms with Crippen LogP contribution < -0.4 is 15.0 Å². The number of aryl methyl sites for hydroxylation is 1. The van der Waals surface area contributed by atoms with E-state index in [1.165, 1.54) is 32.6 Å².